The van der Waals surface area contributed by atoms with Crippen molar-refractivity contribution in [3.63, 3.8) is 0 Å². The average molecular weight is 242 g/mol. The van der Waals surface area contributed by atoms with Gasteiger partial charge in [-0.05, 0) is 23.5 Å². The summed E-state index contributed by atoms with van der Waals surface area (Å²) >= 11 is 0. The lowest BCUT2D eigenvalue weighted by Gasteiger charge is -2.20. The van der Waals surface area contributed by atoms with E-state index in [4.69, 9.17) is 0 Å². The molecule has 94 valence electrons. The summed E-state index contributed by atoms with van der Waals surface area (Å²) in [7, 11) is 0. The first-order valence-electron chi connectivity index (χ1n) is 6.03. The Kier molecular flexibility index (Phi) is 3.07. The Balaban J connectivity index is 2.52. The molecule has 0 bridgehead atoms. The minimum Gasteiger partial charge on any atom is -0.342 e. The Morgan fingerprint density at radius 3 is 2.56 bits per heavy atom. The summed E-state index contributed by atoms with van der Waals surface area (Å²) in [4.78, 5) is 18.0. The predicted octanol–water partition coefficient (Wildman–Crippen LogP) is 3.50. The molecule has 2 aromatic rings. The number of carbonyl (C=O) groups excluding carboxylic acids is 1. The number of rotatable bonds is 2. The Morgan fingerprint density at radius 1 is 1.28 bits per heavy atom. The molecule has 0 aliphatic rings. The molecule has 0 spiro atoms. The van der Waals surface area contributed by atoms with Crippen LogP contribution in [0.4, 0.5) is 0 Å². The molecule has 0 amide bonds. The highest BCUT2D eigenvalue weighted by atomic mass is 16.1. The first kappa shape index (κ1) is 12.6. The van der Waals surface area contributed by atoms with E-state index in [1.54, 1.807) is 6.33 Å². The second kappa shape index (κ2) is 4.41. The molecule has 1 N–H and O–H groups in total. The van der Waals surface area contributed by atoms with Crippen molar-refractivity contribution >= 4 is 6.29 Å². The second-order valence-corrected chi connectivity index (χ2v) is 5.56. The summed E-state index contributed by atoms with van der Waals surface area (Å²) in [6.45, 7) is 8.61. The first-order chi connectivity index (χ1) is 8.43. The van der Waals surface area contributed by atoms with Crippen molar-refractivity contribution in [2.45, 2.75) is 33.1 Å². The molecule has 0 aliphatic heterocycles. The maximum atomic E-state index is 10.9. The van der Waals surface area contributed by atoms with Crippen molar-refractivity contribution in [2.75, 3.05) is 0 Å². The molecule has 0 saturated heterocycles. The van der Waals surface area contributed by atoms with Gasteiger partial charge < -0.3 is 4.98 Å². The molecule has 3 nitrogen and oxygen atoms in total. The highest BCUT2D eigenvalue weighted by Gasteiger charge is 2.16. The molecular weight excluding hydrogens is 224 g/mol. The smallest absolute Gasteiger partial charge is 0.168 e. The Hall–Kier alpha value is -1.90. The quantitative estimate of drug-likeness (QED) is 0.819. The number of aldehydes is 1. The molecule has 0 aliphatic carbocycles. The van der Waals surface area contributed by atoms with Crippen molar-refractivity contribution in [3.05, 3.63) is 41.3 Å². The van der Waals surface area contributed by atoms with Crippen LogP contribution >= 0.6 is 0 Å². The van der Waals surface area contributed by atoms with Gasteiger partial charge in [-0.25, -0.2) is 4.98 Å². The van der Waals surface area contributed by atoms with Crippen LogP contribution in [0.3, 0.4) is 0 Å². The summed E-state index contributed by atoms with van der Waals surface area (Å²) in [5, 5.41) is 0. The van der Waals surface area contributed by atoms with E-state index in [1.807, 2.05) is 13.0 Å². The Bertz CT molecular complexity index is 576. The topological polar surface area (TPSA) is 45.8 Å². The van der Waals surface area contributed by atoms with Gasteiger partial charge in [-0.3, -0.25) is 4.79 Å². The van der Waals surface area contributed by atoms with Gasteiger partial charge in [0.15, 0.2) is 6.29 Å². The normalized spacial score (nSPS) is 11.6. The molecule has 0 saturated carbocycles. The van der Waals surface area contributed by atoms with Crippen LogP contribution < -0.4 is 0 Å². The zero-order valence-electron chi connectivity index (χ0n) is 11.2. The molecule has 1 aromatic heterocycles. The summed E-state index contributed by atoms with van der Waals surface area (Å²) in [6, 6.07) is 6.31. The third kappa shape index (κ3) is 2.21. The monoisotopic (exact) mass is 242 g/mol. The van der Waals surface area contributed by atoms with Gasteiger partial charge in [0, 0.05) is 5.56 Å². The highest BCUT2D eigenvalue weighted by molar-refractivity contribution is 5.84. The van der Waals surface area contributed by atoms with E-state index in [0.29, 0.717) is 5.69 Å². The van der Waals surface area contributed by atoms with E-state index >= 15 is 0 Å². The molecule has 0 unspecified atom stereocenters. The molecule has 1 aromatic carbocycles. The predicted molar refractivity (Wildman–Crippen MR) is 72.8 cm³/mol. The minimum absolute atomic E-state index is 0.127. The van der Waals surface area contributed by atoms with Crippen molar-refractivity contribution in [1.82, 2.24) is 9.97 Å². The molecule has 18 heavy (non-hydrogen) atoms. The molecule has 0 atom stereocenters. The summed E-state index contributed by atoms with van der Waals surface area (Å²) in [5.74, 6) is 0. The van der Waals surface area contributed by atoms with Gasteiger partial charge in [-0.15, -0.1) is 0 Å². The maximum Gasteiger partial charge on any atom is 0.168 e. The van der Waals surface area contributed by atoms with Crippen LogP contribution in [0.5, 0.6) is 0 Å². The minimum atomic E-state index is 0.127. The number of aryl methyl sites for hydroxylation is 1. The number of nitrogens with one attached hydrogen (secondary N) is 1. The Morgan fingerprint density at radius 2 is 2.00 bits per heavy atom. The van der Waals surface area contributed by atoms with Crippen LogP contribution in [-0.2, 0) is 5.41 Å². The number of imidazole rings is 1. The molecule has 1 heterocycles. The third-order valence-corrected chi connectivity index (χ3v) is 3.13. The van der Waals surface area contributed by atoms with Crippen LogP contribution in [0.1, 0.15) is 42.4 Å². The van der Waals surface area contributed by atoms with Crippen molar-refractivity contribution < 1.29 is 4.79 Å². The van der Waals surface area contributed by atoms with E-state index in [-0.39, 0.29) is 5.41 Å². The number of hydrogen-bond acceptors (Lipinski definition) is 2. The lowest BCUT2D eigenvalue weighted by atomic mass is 9.85. The lowest BCUT2D eigenvalue weighted by molar-refractivity contribution is 0.112. The van der Waals surface area contributed by atoms with Gasteiger partial charge in [-0.2, -0.15) is 0 Å². The highest BCUT2D eigenvalue weighted by Crippen LogP contribution is 2.29. The van der Waals surface area contributed by atoms with Gasteiger partial charge >= 0.3 is 0 Å². The van der Waals surface area contributed by atoms with Gasteiger partial charge in [-0.1, -0.05) is 39.0 Å². The van der Waals surface area contributed by atoms with E-state index in [2.05, 4.69) is 42.9 Å². The van der Waals surface area contributed by atoms with Gasteiger partial charge in [0.1, 0.15) is 5.69 Å². The Labute approximate surface area is 107 Å². The summed E-state index contributed by atoms with van der Waals surface area (Å²) in [5.41, 5.74) is 4.81. The largest absolute Gasteiger partial charge is 0.342 e. The third-order valence-electron chi connectivity index (χ3n) is 3.13. The van der Waals surface area contributed by atoms with Gasteiger partial charge in [0.2, 0.25) is 0 Å². The van der Waals surface area contributed by atoms with E-state index in [9.17, 15) is 4.79 Å². The number of carbonyl (C=O) groups is 1. The average Bonchev–Trinajstić information content (AvgIpc) is 2.75. The van der Waals surface area contributed by atoms with Crippen LogP contribution in [0, 0.1) is 6.92 Å². The summed E-state index contributed by atoms with van der Waals surface area (Å²) < 4.78 is 0. The van der Waals surface area contributed by atoms with Crippen LogP contribution in [-0.4, -0.2) is 16.3 Å². The van der Waals surface area contributed by atoms with Gasteiger partial charge in [0.25, 0.3) is 0 Å². The zero-order chi connectivity index (χ0) is 13.3. The fraction of sp³-hybridized carbons (Fsp3) is 0.333. The fourth-order valence-electron chi connectivity index (χ4n) is 2.00. The van der Waals surface area contributed by atoms with Crippen molar-refractivity contribution in [2.24, 2.45) is 0 Å². The van der Waals surface area contributed by atoms with E-state index in [1.165, 1.54) is 5.56 Å². The number of H-pyrrole nitrogens is 1. The number of benzene rings is 1. The van der Waals surface area contributed by atoms with E-state index < -0.39 is 0 Å². The summed E-state index contributed by atoms with van der Waals surface area (Å²) in [6.07, 6.45) is 2.36. The maximum absolute atomic E-state index is 10.9. The lowest BCUT2D eigenvalue weighted by Crippen LogP contribution is -2.11. The van der Waals surface area contributed by atoms with E-state index in [0.717, 1.165) is 23.1 Å². The standard InChI is InChI=1S/C15H18N2O/c1-10-7-11(15(2,3)4)5-6-12(10)14-13(8-18)16-9-17-14/h5-9H,1-4H3,(H,16,17). The number of aromatic amines is 1. The second-order valence-electron chi connectivity index (χ2n) is 5.56. The SMILES string of the molecule is Cc1cc(C(C)(C)C)ccc1-c1nc[nH]c1C=O. The molecule has 0 fully saturated rings. The number of hydrogen-bond donors (Lipinski definition) is 1. The molecule has 3 heteroatoms. The van der Waals surface area contributed by atoms with Crippen molar-refractivity contribution in [1.29, 1.82) is 0 Å². The number of aromatic nitrogens is 2. The van der Waals surface area contributed by atoms with Crippen LogP contribution in [0.15, 0.2) is 24.5 Å². The fourth-order valence-corrected chi connectivity index (χ4v) is 2.00. The van der Waals surface area contributed by atoms with Crippen molar-refractivity contribution in [3.8, 4) is 11.3 Å². The molecule has 0 radical (unpaired) electrons. The van der Waals surface area contributed by atoms with Crippen LogP contribution in [0.2, 0.25) is 0 Å². The zero-order valence-corrected chi connectivity index (χ0v) is 11.2. The first-order valence-corrected chi connectivity index (χ1v) is 6.03. The molecular formula is C15H18N2O. The van der Waals surface area contributed by atoms with Gasteiger partial charge in [0.05, 0.1) is 12.0 Å². The number of nitrogens with zero attached hydrogens (tertiary/aromatic N) is 1. The molecule has 2 rings (SSSR count). The van der Waals surface area contributed by atoms with Crippen LogP contribution in [0.25, 0.3) is 11.3 Å².